The molecule has 104 valence electrons. The fourth-order valence-corrected chi connectivity index (χ4v) is 1.73. The number of halogens is 1. The third-order valence-corrected chi connectivity index (χ3v) is 3.16. The molecule has 1 aromatic heterocycles. The van der Waals surface area contributed by atoms with Crippen LogP contribution in [0.15, 0.2) is 42.6 Å². The highest BCUT2D eigenvalue weighted by Gasteiger charge is 2.09. The van der Waals surface area contributed by atoms with Gasteiger partial charge in [-0.3, -0.25) is 9.78 Å². The molecule has 1 amide bonds. The number of hydrogen-bond acceptors (Lipinski definition) is 2. The number of carbonyl (C=O) groups is 1. The molecule has 3 nitrogen and oxygen atoms in total. The molecule has 1 unspecified atom stereocenters. The molecule has 0 aliphatic rings. The van der Waals surface area contributed by atoms with Gasteiger partial charge in [0.25, 0.3) is 5.91 Å². The van der Waals surface area contributed by atoms with Crippen LogP contribution in [0.4, 0.5) is 4.39 Å². The lowest BCUT2D eigenvalue weighted by Crippen LogP contribution is -2.31. The second kappa shape index (κ2) is 6.28. The van der Waals surface area contributed by atoms with E-state index in [0.29, 0.717) is 11.3 Å². The molecule has 2 rings (SSSR count). The molecule has 0 aliphatic carbocycles. The molecule has 1 atom stereocenters. The average molecular weight is 272 g/mol. The van der Waals surface area contributed by atoms with Gasteiger partial charge in [0, 0.05) is 17.8 Å². The molecular formula is C16H17FN2O. The van der Waals surface area contributed by atoms with E-state index in [9.17, 15) is 9.18 Å². The Morgan fingerprint density at radius 2 is 1.95 bits per heavy atom. The molecule has 0 radical (unpaired) electrons. The van der Waals surface area contributed by atoms with Gasteiger partial charge in [-0.2, -0.15) is 0 Å². The maximum Gasteiger partial charge on any atom is 0.253 e. The Hall–Kier alpha value is -2.23. The smallest absolute Gasteiger partial charge is 0.253 e. The van der Waals surface area contributed by atoms with Gasteiger partial charge < -0.3 is 5.32 Å². The van der Waals surface area contributed by atoms with Gasteiger partial charge in [0.1, 0.15) is 5.82 Å². The molecule has 20 heavy (non-hydrogen) atoms. The lowest BCUT2D eigenvalue weighted by Gasteiger charge is -2.11. The molecule has 1 aromatic carbocycles. The van der Waals surface area contributed by atoms with E-state index in [1.165, 1.54) is 18.3 Å². The summed E-state index contributed by atoms with van der Waals surface area (Å²) < 4.78 is 12.9. The predicted octanol–water partition coefficient (Wildman–Crippen LogP) is 3.42. The van der Waals surface area contributed by atoms with Crippen LogP contribution < -0.4 is 5.32 Å². The Kier molecular flexibility index (Phi) is 4.45. The lowest BCUT2D eigenvalue weighted by atomic mass is 10.1. The Labute approximate surface area is 117 Å². The minimum absolute atomic E-state index is 0.127. The zero-order valence-corrected chi connectivity index (χ0v) is 11.6. The van der Waals surface area contributed by atoms with E-state index >= 15 is 0 Å². The first kappa shape index (κ1) is 14.2. The van der Waals surface area contributed by atoms with Crippen LogP contribution in [0.2, 0.25) is 0 Å². The molecule has 0 saturated carbocycles. The van der Waals surface area contributed by atoms with Gasteiger partial charge in [0.05, 0.1) is 11.3 Å². The number of carbonyl (C=O) groups excluding carboxylic acids is 1. The van der Waals surface area contributed by atoms with E-state index in [-0.39, 0.29) is 17.8 Å². The van der Waals surface area contributed by atoms with Gasteiger partial charge in [-0.1, -0.05) is 6.92 Å². The van der Waals surface area contributed by atoms with Crippen LogP contribution in [0.3, 0.4) is 0 Å². The standard InChI is InChI=1S/C16H17FN2O/c1-3-11(2)19-16(20)13-6-9-15(18-10-13)12-4-7-14(17)8-5-12/h4-11H,3H2,1-2H3,(H,19,20). The molecular weight excluding hydrogens is 255 g/mol. The minimum Gasteiger partial charge on any atom is -0.350 e. The monoisotopic (exact) mass is 272 g/mol. The topological polar surface area (TPSA) is 42.0 Å². The summed E-state index contributed by atoms with van der Waals surface area (Å²) in [4.78, 5) is 16.2. The van der Waals surface area contributed by atoms with Crippen molar-refractivity contribution < 1.29 is 9.18 Å². The number of aromatic nitrogens is 1. The molecule has 0 aliphatic heterocycles. The van der Waals surface area contributed by atoms with Crippen molar-refractivity contribution in [2.75, 3.05) is 0 Å². The Morgan fingerprint density at radius 1 is 1.25 bits per heavy atom. The molecule has 1 heterocycles. The van der Waals surface area contributed by atoms with Crippen molar-refractivity contribution in [3.05, 3.63) is 54.0 Å². The quantitative estimate of drug-likeness (QED) is 0.926. The summed E-state index contributed by atoms with van der Waals surface area (Å²) in [6.07, 6.45) is 2.42. The van der Waals surface area contributed by atoms with Crippen LogP contribution in [0.5, 0.6) is 0 Å². The van der Waals surface area contributed by atoms with Crippen molar-refractivity contribution in [3.8, 4) is 11.3 Å². The predicted molar refractivity (Wildman–Crippen MR) is 76.9 cm³/mol. The van der Waals surface area contributed by atoms with E-state index in [0.717, 1.165) is 12.0 Å². The van der Waals surface area contributed by atoms with Crippen molar-refractivity contribution in [2.45, 2.75) is 26.3 Å². The van der Waals surface area contributed by atoms with Gasteiger partial charge in [-0.05, 0) is 49.7 Å². The molecule has 0 bridgehead atoms. The first-order chi connectivity index (χ1) is 9.60. The SMILES string of the molecule is CCC(C)NC(=O)c1ccc(-c2ccc(F)cc2)nc1. The first-order valence-electron chi connectivity index (χ1n) is 6.63. The molecule has 0 saturated heterocycles. The largest absolute Gasteiger partial charge is 0.350 e. The number of nitrogens with zero attached hydrogens (tertiary/aromatic N) is 1. The van der Waals surface area contributed by atoms with Gasteiger partial charge in [0.15, 0.2) is 0 Å². The van der Waals surface area contributed by atoms with Crippen LogP contribution in [-0.4, -0.2) is 16.9 Å². The lowest BCUT2D eigenvalue weighted by molar-refractivity contribution is 0.0939. The van der Waals surface area contributed by atoms with Crippen LogP contribution >= 0.6 is 0 Å². The van der Waals surface area contributed by atoms with Gasteiger partial charge in [-0.25, -0.2) is 4.39 Å². The van der Waals surface area contributed by atoms with Crippen molar-refractivity contribution >= 4 is 5.91 Å². The number of benzene rings is 1. The number of nitrogens with one attached hydrogen (secondary N) is 1. The highest BCUT2D eigenvalue weighted by atomic mass is 19.1. The van der Waals surface area contributed by atoms with Crippen LogP contribution in [0.25, 0.3) is 11.3 Å². The minimum atomic E-state index is -0.279. The zero-order valence-electron chi connectivity index (χ0n) is 11.6. The van der Waals surface area contributed by atoms with E-state index in [1.807, 2.05) is 13.8 Å². The summed E-state index contributed by atoms with van der Waals surface area (Å²) >= 11 is 0. The third kappa shape index (κ3) is 3.41. The summed E-state index contributed by atoms with van der Waals surface area (Å²) in [7, 11) is 0. The Balaban J connectivity index is 2.14. The van der Waals surface area contributed by atoms with E-state index in [4.69, 9.17) is 0 Å². The highest BCUT2D eigenvalue weighted by Crippen LogP contribution is 2.17. The number of amides is 1. The van der Waals surface area contributed by atoms with E-state index < -0.39 is 0 Å². The Morgan fingerprint density at radius 3 is 2.50 bits per heavy atom. The Bertz CT molecular complexity index is 578. The van der Waals surface area contributed by atoms with Gasteiger partial charge in [-0.15, -0.1) is 0 Å². The summed E-state index contributed by atoms with van der Waals surface area (Å²) in [6, 6.07) is 9.73. The second-order valence-electron chi connectivity index (χ2n) is 4.72. The molecule has 1 N–H and O–H groups in total. The van der Waals surface area contributed by atoms with Crippen molar-refractivity contribution in [2.24, 2.45) is 0 Å². The third-order valence-electron chi connectivity index (χ3n) is 3.16. The summed E-state index contributed by atoms with van der Waals surface area (Å²) in [5.74, 6) is -0.407. The summed E-state index contributed by atoms with van der Waals surface area (Å²) in [5.41, 5.74) is 2.06. The van der Waals surface area contributed by atoms with Gasteiger partial charge in [0.2, 0.25) is 0 Å². The molecule has 2 aromatic rings. The number of pyridine rings is 1. The molecule has 0 spiro atoms. The van der Waals surface area contributed by atoms with Crippen LogP contribution in [0, 0.1) is 5.82 Å². The summed E-state index contributed by atoms with van der Waals surface area (Å²) in [5, 5.41) is 2.88. The van der Waals surface area contributed by atoms with Gasteiger partial charge >= 0.3 is 0 Å². The summed E-state index contributed by atoms with van der Waals surface area (Å²) in [6.45, 7) is 3.97. The zero-order chi connectivity index (χ0) is 14.5. The highest BCUT2D eigenvalue weighted by molar-refractivity contribution is 5.94. The van der Waals surface area contributed by atoms with Crippen molar-refractivity contribution in [1.29, 1.82) is 0 Å². The maximum atomic E-state index is 12.9. The van der Waals surface area contributed by atoms with Crippen molar-refractivity contribution in [1.82, 2.24) is 10.3 Å². The average Bonchev–Trinajstić information content (AvgIpc) is 2.48. The van der Waals surface area contributed by atoms with Crippen molar-refractivity contribution in [3.63, 3.8) is 0 Å². The normalized spacial score (nSPS) is 11.9. The fraction of sp³-hybridized carbons (Fsp3) is 0.250. The molecule has 4 heteroatoms. The van der Waals surface area contributed by atoms with E-state index in [2.05, 4.69) is 10.3 Å². The molecule has 0 fully saturated rings. The first-order valence-corrected chi connectivity index (χ1v) is 6.63. The van der Waals surface area contributed by atoms with E-state index in [1.54, 1.807) is 24.3 Å². The van der Waals surface area contributed by atoms with Crippen LogP contribution in [0.1, 0.15) is 30.6 Å². The number of hydrogen-bond donors (Lipinski definition) is 1. The second-order valence-corrected chi connectivity index (χ2v) is 4.72. The maximum absolute atomic E-state index is 12.9. The fourth-order valence-electron chi connectivity index (χ4n) is 1.73. The number of rotatable bonds is 4. The van der Waals surface area contributed by atoms with Crippen LogP contribution in [-0.2, 0) is 0 Å².